The maximum absolute atomic E-state index is 5.82. The van der Waals surface area contributed by atoms with Crippen LogP contribution in [0.4, 0.5) is 11.5 Å². The van der Waals surface area contributed by atoms with Crippen LogP contribution in [0.25, 0.3) is 22.3 Å². The molecule has 0 saturated carbocycles. The molecule has 0 bridgehead atoms. The first-order valence-electron chi connectivity index (χ1n) is 9.99. The molecule has 1 atom stereocenters. The number of ether oxygens (including phenoxy) is 2. The smallest absolute Gasteiger partial charge is 0.162 e. The topological polar surface area (TPSA) is 87.0 Å². The van der Waals surface area contributed by atoms with Crippen molar-refractivity contribution in [2.45, 2.75) is 25.5 Å². The van der Waals surface area contributed by atoms with Crippen LogP contribution in [0.1, 0.15) is 25.5 Å². The van der Waals surface area contributed by atoms with E-state index in [1.54, 1.807) is 25.7 Å². The van der Waals surface area contributed by atoms with Gasteiger partial charge in [-0.2, -0.15) is 5.10 Å². The van der Waals surface area contributed by atoms with E-state index in [0.29, 0.717) is 11.6 Å². The van der Waals surface area contributed by atoms with Crippen LogP contribution in [0.15, 0.2) is 55.1 Å². The maximum Gasteiger partial charge on any atom is 0.162 e. The lowest BCUT2D eigenvalue weighted by Crippen LogP contribution is -2.18. The van der Waals surface area contributed by atoms with Crippen LogP contribution in [0.2, 0.25) is 0 Å². The van der Waals surface area contributed by atoms with E-state index in [2.05, 4.69) is 15.4 Å². The van der Waals surface area contributed by atoms with Crippen molar-refractivity contribution >= 4 is 22.4 Å². The predicted molar refractivity (Wildman–Crippen MR) is 114 cm³/mol. The SMILES string of the molecule is COc1cccc(-c2nc(Nc3cnn(C4CCCCO4)c3)c3cnccc3n2)c1. The normalized spacial score (nSPS) is 16.5. The number of pyridine rings is 1. The number of hydrogen-bond acceptors (Lipinski definition) is 7. The van der Waals surface area contributed by atoms with Crippen LogP contribution in [-0.4, -0.2) is 38.4 Å². The predicted octanol–water partition coefficient (Wildman–Crippen LogP) is 4.34. The largest absolute Gasteiger partial charge is 0.497 e. The van der Waals surface area contributed by atoms with Gasteiger partial charge in [0, 0.05) is 24.6 Å². The molecule has 1 aliphatic rings. The van der Waals surface area contributed by atoms with E-state index in [1.807, 2.05) is 41.2 Å². The Labute approximate surface area is 173 Å². The molecule has 1 N–H and O–H groups in total. The van der Waals surface area contributed by atoms with Gasteiger partial charge in [-0.3, -0.25) is 4.98 Å². The van der Waals surface area contributed by atoms with Crippen molar-refractivity contribution in [3.63, 3.8) is 0 Å². The number of anilines is 2. The summed E-state index contributed by atoms with van der Waals surface area (Å²) in [5.74, 6) is 2.04. The molecular weight excluding hydrogens is 380 g/mol. The molecule has 30 heavy (non-hydrogen) atoms. The summed E-state index contributed by atoms with van der Waals surface area (Å²) in [5, 5.41) is 8.70. The fourth-order valence-corrected chi connectivity index (χ4v) is 3.59. The van der Waals surface area contributed by atoms with Crippen LogP contribution >= 0.6 is 0 Å². The third-order valence-electron chi connectivity index (χ3n) is 5.14. The first kappa shape index (κ1) is 18.5. The van der Waals surface area contributed by atoms with Crippen LogP contribution in [-0.2, 0) is 4.74 Å². The summed E-state index contributed by atoms with van der Waals surface area (Å²) >= 11 is 0. The quantitative estimate of drug-likeness (QED) is 0.531. The minimum absolute atomic E-state index is 0.00884. The fourth-order valence-electron chi connectivity index (χ4n) is 3.59. The zero-order valence-electron chi connectivity index (χ0n) is 16.7. The van der Waals surface area contributed by atoms with Gasteiger partial charge >= 0.3 is 0 Å². The Bertz CT molecular complexity index is 1170. The van der Waals surface area contributed by atoms with E-state index in [1.165, 1.54) is 0 Å². The van der Waals surface area contributed by atoms with Crippen molar-refractivity contribution in [1.82, 2.24) is 24.7 Å². The first-order valence-corrected chi connectivity index (χ1v) is 9.99. The third-order valence-corrected chi connectivity index (χ3v) is 5.14. The molecule has 4 heterocycles. The second-order valence-electron chi connectivity index (χ2n) is 7.18. The summed E-state index contributed by atoms with van der Waals surface area (Å²) in [4.78, 5) is 13.7. The minimum atomic E-state index is -0.00884. The lowest BCUT2D eigenvalue weighted by Gasteiger charge is -2.22. The monoisotopic (exact) mass is 402 g/mol. The number of nitrogens with one attached hydrogen (secondary N) is 1. The van der Waals surface area contributed by atoms with Crippen LogP contribution in [0, 0.1) is 0 Å². The van der Waals surface area contributed by atoms with E-state index in [9.17, 15) is 0 Å². The highest BCUT2D eigenvalue weighted by Crippen LogP contribution is 2.29. The average molecular weight is 402 g/mol. The number of fused-ring (bicyclic) bond motifs is 1. The zero-order valence-corrected chi connectivity index (χ0v) is 16.7. The molecule has 8 heteroatoms. The summed E-state index contributed by atoms with van der Waals surface area (Å²) in [6.45, 7) is 0.777. The Morgan fingerprint density at radius 1 is 1.17 bits per heavy atom. The molecule has 5 rings (SSSR count). The number of nitrogens with zero attached hydrogens (tertiary/aromatic N) is 5. The molecule has 1 aromatic carbocycles. The zero-order chi connectivity index (χ0) is 20.3. The maximum atomic E-state index is 5.82. The van der Waals surface area contributed by atoms with Gasteiger partial charge in [0.05, 0.1) is 36.1 Å². The summed E-state index contributed by atoms with van der Waals surface area (Å²) in [6.07, 6.45) is 10.5. The fraction of sp³-hybridized carbons (Fsp3) is 0.273. The van der Waals surface area contributed by atoms with Crippen molar-refractivity contribution in [3.8, 4) is 17.1 Å². The van der Waals surface area contributed by atoms with Gasteiger partial charge in [0.15, 0.2) is 5.82 Å². The first-order chi connectivity index (χ1) is 14.8. The molecule has 4 aromatic rings. The summed E-state index contributed by atoms with van der Waals surface area (Å²) in [7, 11) is 1.65. The van der Waals surface area contributed by atoms with Gasteiger partial charge in [-0.05, 0) is 37.5 Å². The average Bonchev–Trinajstić information content (AvgIpc) is 3.28. The Hall–Kier alpha value is -3.52. The Morgan fingerprint density at radius 2 is 2.13 bits per heavy atom. The lowest BCUT2D eigenvalue weighted by molar-refractivity contribution is -0.0394. The molecule has 1 unspecified atom stereocenters. The van der Waals surface area contributed by atoms with Crippen LogP contribution < -0.4 is 10.1 Å². The Morgan fingerprint density at radius 3 is 3.00 bits per heavy atom. The Balaban J connectivity index is 1.51. The standard InChI is InChI=1S/C22H22N6O2/c1-29-17-6-4-5-15(11-17)21-26-19-8-9-23-13-18(19)22(27-21)25-16-12-24-28(14-16)20-7-2-3-10-30-20/h4-6,8-9,11-14,20H,2-3,7,10H2,1H3,(H,25,26,27). The van der Waals surface area contributed by atoms with E-state index >= 15 is 0 Å². The van der Waals surface area contributed by atoms with Crippen molar-refractivity contribution in [1.29, 1.82) is 0 Å². The summed E-state index contributed by atoms with van der Waals surface area (Å²) < 4.78 is 13.0. The molecule has 0 spiro atoms. The number of aromatic nitrogens is 5. The van der Waals surface area contributed by atoms with Gasteiger partial charge in [-0.15, -0.1) is 0 Å². The molecule has 1 fully saturated rings. The van der Waals surface area contributed by atoms with Gasteiger partial charge < -0.3 is 14.8 Å². The number of hydrogen-bond donors (Lipinski definition) is 1. The van der Waals surface area contributed by atoms with Gasteiger partial charge in [-0.1, -0.05) is 12.1 Å². The van der Waals surface area contributed by atoms with E-state index in [4.69, 9.17) is 19.4 Å². The molecule has 8 nitrogen and oxygen atoms in total. The summed E-state index contributed by atoms with van der Waals surface area (Å²) in [5.41, 5.74) is 2.52. The van der Waals surface area contributed by atoms with Crippen molar-refractivity contribution in [2.24, 2.45) is 0 Å². The van der Waals surface area contributed by atoms with E-state index in [-0.39, 0.29) is 6.23 Å². The lowest BCUT2D eigenvalue weighted by atomic mass is 10.2. The highest BCUT2D eigenvalue weighted by atomic mass is 16.5. The second-order valence-corrected chi connectivity index (χ2v) is 7.18. The number of rotatable bonds is 5. The molecule has 3 aromatic heterocycles. The van der Waals surface area contributed by atoms with Crippen LogP contribution in [0.5, 0.6) is 5.75 Å². The highest BCUT2D eigenvalue weighted by molar-refractivity contribution is 5.91. The molecule has 1 saturated heterocycles. The van der Waals surface area contributed by atoms with Crippen molar-refractivity contribution in [2.75, 3.05) is 19.0 Å². The molecular formula is C22H22N6O2. The third kappa shape index (κ3) is 3.69. The van der Waals surface area contributed by atoms with Gasteiger partial charge in [0.2, 0.25) is 0 Å². The summed E-state index contributed by atoms with van der Waals surface area (Å²) in [6, 6.07) is 9.59. The van der Waals surface area contributed by atoms with Gasteiger partial charge in [0.25, 0.3) is 0 Å². The van der Waals surface area contributed by atoms with Crippen LogP contribution in [0.3, 0.4) is 0 Å². The highest BCUT2D eigenvalue weighted by Gasteiger charge is 2.17. The molecule has 152 valence electrons. The van der Waals surface area contributed by atoms with Gasteiger partial charge in [0.1, 0.15) is 17.8 Å². The molecule has 1 aliphatic heterocycles. The van der Waals surface area contributed by atoms with Crippen molar-refractivity contribution < 1.29 is 9.47 Å². The minimum Gasteiger partial charge on any atom is -0.497 e. The second kappa shape index (κ2) is 8.08. The molecule has 0 aliphatic carbocycles. The van der Waals surface area contributed by atoms with Crippen molar-refractivity contribution in [3.05, 3.63) is 55.1 Å². The van der Waals surface area contributed by atoms with E-state index in [0.717, 1.165) is 53.8 Å². The van der Waals surface area contributed by atoms with Gasteiger partial charge in [-0.25, -0.2) is 14.6 Å². The molecule has 0 amide bonds. The number of methoxy groups -OCH3 is 1. The number of benzene rings is 1. The molecule has 0 radical (unpaired) electrons. The Kier molecular flexibility index (Phi) is 4.98. The van der Waals surface area contributed by atoms with E-state index < -0.39 is 0 Å².